The van der Waals surface area contributed by atoms with Crippen LogP contribution in [0.2, 0.25) is 5.02 Å². The Bertz CT molecular complexity index is 770. The molecule has 1 atom stereocenters. The average Bonchev–Trinajstić information content (AvgIpc) is 2.71. The summed E-state index contributed by atoms with van der Waals surface area (Å²) in [4.78, 5) is 24.5. The van der Waals surface area contributed by atoms with Crippen molar-refractivity contribution in [3.05, 3.63) is 64.2 Å². The van der Waals surface area contributed by atoms with Crippen molar-refractivity contribution in [1.29, 1.82) is 0 Å². The number of rotatable bonds is 3. The quantitative estimate of drug-likeness (QED) is 0.855. The first-order valence-corrected chi connectivity index (χ1v) is 7.22. The fourth-order valence-electron chi connectivity index (χ4n) is 2.60. The molecule has 1 heterocycles. The molecule has 0 aromatic heterocycles. The third kappa shape index (κ3) is 2.40. The Morgan fingerprint density at radius 2 is 1.91 bits per heavy atom. The van der Waals surface area contributed by atoms with Crippen LogP contribution in [0.25, 0.3) is 0 Å². The number of hydrogen-bond acceptors (Lipinski definition) is 3. The van der Waals surface area contributed by atoms with Crippen LogP contribution in [-0.2, 0) is 10.4 Å². The largest absolute Gasteiger partial charge is 0.375 e. The molecule has 2 aromatic rings. The van der Waals surface area contributed by atoms with E-state index in [1.54, 1.807) is 36.4 Å². The van der Waals surface area contributed by atoms with Crippen LogP contribution in [0, 0.1) is 6.92 Å². The Labute approximate surface area is 132 Å². The number of benzene rings is 2. The lowest BCUT2D eigenvalue weighted by Crippen LogP contribution is -2.36. The molecule has 0 aliphatic carbocycles. The van der Waals surface area contributed by atoms with Gasteiger partial charge in [-0.2, -0.15) is 0 Å². The van der Waals surface area contributed by atoms with E-state index in [0.717, 1.165) is 5.56 Å². The van der Waals surface area contributed by atoms with Gasteiger partial charge in [-0.25, -0.2) is 0 Å². The van der Waals surface area contributed by atoms with E-state index in [2.05, 4.69) is 5.32 Å². The molecule has 1 aliphatic rings. The van der Waals surface area contributed by atoms with Crippen molar-refractivity contribution in [2.24, 2.45) is 0 Å². The van der Waals surface area contributed by atoms with Crippen LogP contribution in [0.1, 0.15) is 27.9 Å². The fraction of sp³-hybridized carbons (Fsp3) is 0.176. The van der Waals surface area contributed by atoms with Gasteiger partial charge in [0.2, 0.25) is 0 Å². The topological polar surface area (TPSA) is 66.4 Å². The summed E-state index contributed by atoms with van der Waals surface area (Å²) in [5, 5.41) is 13.9. The highest BCUT2D eigenvalue weighted by molar-refractivity contribution is 6.30. The van der Waals surface area contributed by atoms with Gasteiger partial charge in [0.15, 0.2) is 11.4 Å². The number of aryl methyl sites for hydroxylation is 1. The summed E-state index contributed by atoms with van der Waals surface area (Å²) < 4.78 is 0. The molecule has 0 bridgehead atoms. The van der Waals surface area contributed by atoms with Gasteiger partial charge in [0.1, 0.15) is 0 Å². The van der Waals surface area contributed by atoms with Gasteiger partial charge in [0.25, 0.3) is 5.91 Å². The van der Waals surface area contributed by atoms with Crippen molar-refractivity contribution in [3.63, 3.8) is 0 Å². The number of carbonyl (C=O) groups excluding carboxylic acids is 2. The van der Waals surface area contributed by atoms with Crippen molar-refractivity contribution in [3.8, 4) is 0 Å². The molecule has 22 heavy (non-hydrogen) atoms. The van der Waals surface area contributed by atoms with E-state index in [9.17, 15) is 14.7 Å². The second kappa shape index (κ2) is 5.23. The highest BCUT2D eigenvalue weighted by Crippen LogP contribution is 2.39. The van der Waals surface area contributed by atoms with Crippen LogP contribution in [0.15, 0.2) is 42.5 Å². The maximum atomic E-state index is 12.4. The van der Waals surface area contributed by atoms with E-state index in [1.807, 2.05) is 13.0 Å². The molecule has 2 aromatic carbocycles. The molecule has 4 nitrogen and oxygen atoms in total. The zero-order valence-electron chi connectivity index (χ0n) is 11.9. The Kier molecular flexibility index (Phi) is 3.51. The van der Waals surface area contributed by atoms with Gasteiger partial charge in [-0.05, 0) is 37.3 Å². The van der Waals surface area contributed by atoms with Crippen LogP contribution in [0.5, 0.6) is 0 Å². The minimum absolute atomic E-state index is 0.309. The van der Waals surface area contributed by atoms with Crippen molar-refractivity contribution >= 4 is 29.0 Å². The van der Waals surface area contributed by atoms with Crippen LogP contribution >= 0.6 is 11.6 Å². The van der Waals surface area contributed by atoms with Crippen molar-refractivity contribution in [1.82, 2.24) is 0 Å². The molecule has 1 aliphatic heterocycles. The summed E-state index contributed by atoms with van der Waals surface area (Å²) in [5.74, 6) is -0.890. The lowest BCUT2D eigenvalue weighted by atomic mass is 9.87. The van der Waals surface area contributed by atoms with Gasteiger partial charge in [0.05, 0.1) is 6.42 Å². The van der Waals surface area contributed by atoms with Crippen LogP contribution in [-0.4, -0.2) is 16.8 Å². The second-order valence-corrected chi connectivity index (χ2v) is 5.91. The first kappa shape index (κ1) is 14.8. The number of amides is 1. The van der Waals surface area contributed by atoms with Crippen molar-refractivity contribution in [2.75, 3.05) is 5.32 Å². The third-order valence-electron chi connectivity index (χ3n) is 3.83. The Morgan fingerprint density at radius 3 is 2.59 bits per heavy atom. The molecule has 0 radical (unpaired) electrons. The number of Topliss-reactive ketones (excluding diaryl/α,β-unsaturated/α-hetero) is 1. The van der Waals surface area contributed by atoms with Gasteiger partial charge in [-0.1, -0.05) is 29.3 Å². The summed E-state index contributed by atoms with van der Waals surface area (Å²) in [6.45, 7) is 1.87. The minimum Gasteiger partial charge on any atom is -0.375 e. The highest BCUT2D eigenvalue weighted by Gasteiger charge is 2.46. The van der Waals surface area contributed by atoms with E-state index in [4.69, 9.17) is 11.6 Å². The number of hydrogen-bond donors (Lipinski definition) is 2. The summed E-state index contributed by atoms with van der Waals surface area (Å²) in [6.07, 6.45) is -0.309. The number of fused-ring (bicyclic) bond motifs is 1. The molecular weight excluding hydrogens is 302 g/mol. The molecule has 1 amide bonds. The zero-order valence-corrected chi connectivity index (χ0v) is 12.6. The summed E-state index contributed by atoms with van der Waals surface area (Å²) in [6, 6.07) is 11.7. The molecule has 2 N–H and O–H groups in total. The molecule has 112 valence electrons. The average molecular weight is 316 g/mol. The normalized spacial score (nSPS) is 19.7. The van der Waals surface area contributed by atoms with E-state index >= 15 is 0 Å². The first-order valence-electron chi connectivity index (χ1n) is 6.84. The van der Waals surface area contributed by atoms with Crippen LogP contribution in [0.4, 0.5) is 5.69 Å². The van der Waals surface area contributed by atoms with E-state index in [-0.39, 0.29) is 12.2 Å². The number of nitrogens with one attached hydrogen (secondary N) is 1. The highest BCUT2D eigenvalue weighted by atomic mass is 35.5. The van der Waals surface area contributed by atoms with Crippen molar-refractivity contribution in [2.45, 2.75) is 18.9 Å². The predicted octanol–water partition coefficient (Wildman–Crippen LogP) is 3.06. The first-order chi connectivity index (χ1) is 10.4. The van der Waals surface area contributed by atoms with Gasteiger partial charge in [-0.15, -0.1) is 0 Å². The molecule has 5 heteroatoms. The number of ketones is 1. The Balaban J connectivity index is 1.94. The van der Waals surface area contributed by atoms with Gasteiger partial charge in [0, 0.05) is 21.8 Å². The lowest BCUT2D eigenvalue weighted by molar-refractivity contribution is -0.133. The molecular formula is C17H14ClNO3. The standard InChI is InChI=1S/C17H14ClNO3/c1-10-2-7-14-13(8-10)17(22,16(21)19-14)9-15(20)11-3-5-12(18)6-4-11/h2-8,22H,9H2,1H3,(H,19,21). The lowest BCUT2D eigenvalue weighted by Gasteiger charge is -2.20. The Morgan fingerprint density at radius 1 is 1.23 bits per heavy atom. The SMILES string of the molecule is Cc1ccc2c(c1)C(O)(CC(=O)c1ccc(Cl)cc1)C(=O)N2. The van der Waals surface area contributed by atoms with E-state index in [1.165, 1.54) is 0 Å². The number of anilines is 1. The summed E-state index contributed by atoms with van der Waals surface area (Å²) in [7, 11) is 0. The second-order valence-electron chi connectivity index (χ2n) is 5.47. The zero-order chi connectivity index (χ0) is 15.9. The molecule has 3 rings (SSSR count). The summed E-state index contributed by atoms with van der Waals surface area (Å²) in [5.41, 5.74) is 0.471. The number of aliphatic hydroxyl groups is 1. The molecule has 0 saturated heterocycles. The summed E-state index contributed by atoms with van der Waals surface area (Å²) >= 11 is 5.80. The maximum Gasteiger partial charge on any atom is 0.261 e. The predicted molar refractivity (Wildman–Crippen MR) is 84.1 cm³/mol. The minimum atomic E-state index is -1.84. The third-order valence-corrected chi connectivity index (χ3v) is 4.08. The van der Waals surface area contributed by atoms with E-state index in [0.29, 0.717) is 21.8 Å². The monoisotopic (exact) mass is 315 g/mol. The van der Waals surface area contributed by atoms with Gasteiger partial charge in [-0.3, -0.25) is 9.59 Å². The van der Waals surface area contributed by atoms with Gasteiger partial charge < -0.3 is 10.4 Å². The number of carbonyl (C=O) groups is 2. The number of halogens is 1. The Hall–Kier alpha value is -2.17. The molecule has 1 unspecified atom stereocenters. The molecule has 0 fully saturated rings. The van der Waals surface area contributed by atoms with E-state index < -0.39 is 11.5 Å². The maximum absolute atomic E-state index is 12.4. The molecule has 0 spiro atoms. The fourth-order valence-corrected chi connectivity index (χ4v) is 2.73. The smallest absolute Gasteiger partial charge is 0.261 e. The van der Waals surface area contributed by atoms with Crippen molar-refractivity contribution < 1.29 is 14.7 Å². The van der Waals surface area contributed by atoms with Crippen LogP contribution in [0.3, 0.4) is 0 Å². The van der Waals surface area contributed by atoms with Crippen LogP contribution < -0.4 is 5.32 Å². The molecule has 0 saturated carbocycles. The van der Waals surface area contributed by atoms with Gasteiger partial charge >= 0.3 is 0 Å².